The minimum atomic E-state index is -0.743. The number of benzene rings is 1. The van der Waals surface area contributed by atoms with E-state index in [4.69, 9.17) is 11.6 Å². The number of nitrogens with zero attached hydrogens (tertiary/aromatic N) is 2. The van der Waals surface area contributed by atoms with Crippen molar-refractivity contribution < 1.29 is 9.59 Å². The Hall–Kier alpha value is -2.40. The van der Waals surface area contributed by atoms with Crippen LogP contribution in [0.25, 0.3) is 0 Å². The van der Waals surface area contributed by atoms with Crippen molar-refractivity contribution in [3.05, 3.63) is 65.5 Å². The standard InChI is InChI=1S/C23H28ClN3O2/c1-17-7-9-18(10-8-17)16-27(21(28)15-24)22(19-11-13-25-14-12-19)23(29)26-20-5-3-2-4-6-20/h7-14,20,22H,2-6,15-16H2,1H3,(H,26,29)/t22-/m0/s1. The molecule has 1 atom stereocenters. The van der Waals surface area contributed by atoms with E-state index in [1.807, 2.05) is 31.2 Å². The summed E-state index contributed by atoms with van der Waals surface area (Å²) in [6, 6.07) is 11.0. The molecule has 2 aromatic rings. The number of nitrogens with one attached hydrogen (secondary N) is 1. The van der Waals surface area contributed by atoms with Crippen LogP contribution in [0.5, 0.6) is 0 Å². The molecule has 1 fully saturated rings. The van der Waals surface area contributed by atoms with E-state index < -0.39 is 6.04 Å². The fraction of sp³-hybridized carbons (Fsp3) is 0.435. The molecule has 1 aliphatic rings. The summed E-state index contributed by atoms with van der Waals surface area (Å²) >= 11 is 5.93. The summed E-state index contributed by atoms with van der Waals surface area (Å²) in [4.78, 5) is 31.8. The third kappa shape index (κ3) is 5.80. The molecule has 5 nitrogen and oxygen atoms in total. The average molecular weight is 414 g/mol. The van der Waals surface area contributed by atoms with Gasteiger partial charge in [-0.05, 0) is 43.0 Å². The monoisotopic (exact) mass is 413 g/mol. The van der Waals surface area contributed by atoms with E-state index in [-0.39, 0.29) is 23.7 Å². The maximum Gasteiger partial charge on any atom is 0.247 e. The second kappa shape index (κ2) is 10.4. The normalized spacial score (nSPS) is 15.5. The van der Waals surface area contributed by atoms with E-state index in [2.05, 4.69) is 10.3 Å². The first-order valence-corrected chi connectivity index (χ1v) is 10.7. The highest BCUT2D eigenvalue weighted by Gasteiger charge is 2.32. The maximum absolute atomic E-state index is 13.3. The molecule has 2 amide bonds. The van der Waals surface area contributed by atoms with Gasteiger partial charge in [0, 0.05) is 25.0 Å². The topological polar surface area (TPSA) is 62.3 Å². The summed E-state index contributed by atoms with van der Waals surface area (Å²) in [6.45, 7) is 2.33. The number of amides is 2. The highest BCUT2D eigenvalue weighted by Crippen LogP contribution is 2.26. The quantitative estimate of drug-likeness (QED) is 0.693. The van der Waals surface area contributed by atoms with Crippen LogP contribution < -0.4 is 5.32 Å². The molecule has 0 bridgehead atoms. The zero-order valence-electron chi connectivity index (χ0n) is 16.8. The predicted molar refractivity (Wildman–Crippen MR) is 114 cm³/mol. The van der Waals surface area contributed by atoms with Crippen molar-refractivity contribution in [1.29, 1.82) is 0 Å². The second-order valence-electron chi connectivity index (χ2n) is 7.67. The summed E-state index contributed by atoms with van der Waals surface area (Å²) in [7, 11) is 0. The van der Waals surface area contributed by atoms with Gasteiger partial charge in [0.2, 0.25) is 11.8 Å². The van der Waals surface area contributed by atoms with Gasteiger partial charge >= 0.3 is 0 Å². The molecule has 3 rings (SSSR count). The molecular formula is C23H28ClN3O2. The molecule has 0 saturated heterocycles. The van der Waals surface area contributed by atoms with Crippen LogP contribution in [0.4, 0.5) is 0 Å². The lowest BCUT2D eigenvalue weighted by Crippen LogP contribution is -2.47. The molecule has 1 aromatic heterocycles. The SMILES string of the molecule is Cc1ccc(CN(C(=O)CCl)[C@H](C(=O)NC2CCCCC2)c2ccncc2)cc1. The van der Waals surface area contributed by atoms with Crippen molar-refractivity contribution in [2.24, 2.45) is 0 Å². The Labute approximate surface area is 177 Å². The van der Waals surface area contributed by atoms with E-state index in [1.165, 1.54) is 6.42 Å². The number of alkyl halides is 1. The van der Waals surface area contributed by atoms with Gasteiger partial charge in [-0.25, -0.2) is 0 Å². The molecule has 0 radical (unpaired) electrons. The maximum atomic E-state index is 13.3. The number of aryl methyl sites for hydroxylation is 1. The van der Waals surface area contributed by atoms with E-state index in [1.54, 1.807) is 29.4 Å². The average Bonchev–Trinajstić information content (AvgIpc) is 2.75. The molecule has 1 heterocycles. The highest BCUT2D eigenvalue weighted by atomic mass is 35.5. The molecule has 0 spiro atoms. The van der Waals surface area contributed by atoms with Crippen molar-refractivity contribution in [3.8, 4) is 0 Å². The lowest BCUT2D eigenvalue weighted by atomic mass is 9.94. The van der Waals surface area contributed by atoms with Gasteiger partial charge in [-0.2, -0.15) is 0 Å². The van der Waals surface area contributed by atoms with Crippen LogP contribution in [0.2, 0.25) is 0 Å². The van der Waals surface area contributed by atoms with Crippen LogP contribution in [-0.4, -0.2) is 33.6 Å². The fourth-order valence-electron chi connectivity index (χ4n) is 3.84. The smallest absolute Gasteiger partial charge is 0.247 e. The van der Waals surface area contributed by atoms with E-state index in [0.29, 0.717) is 6.54 Å². The lowest BCUT2D eigenvalue weighted by Gasteiger charge is -2.33. The van der Waals surface area contributed by atoms with Crippen LogP contribution in [0.15, 0.2) is 48.8 Å². The third-order valence-electron chi connectivity index (χ3n) is 5.44. The van der Waals surface area contributed by atoms with E-state index >= 15 is 0 Å². The Morgan fingerprint density at radius 1 is 1.10 bits per heavy atom. The number of hydrogen-bond acceptors (Lipinski definition) is 3. The van der Waals surface area contributed by atoms with Crippen LogP contribution in [0, 0.1) is 6.92 Å². The Bertz CT molecular complexity index is 805. The Morgan fingerprint density at radius 2 is 1.76 bits per heavy atom. The molecule has 29 heavy (non-hydrogen) atoms. The van der Waals surface area contributed by atoms with Gasteiger partial charge in [0.1, 0.15) is 11.9 Å². The van der Waals surface area contributed by atoms with Crippen LogP contribution in [-0.2, 0) is 16.1 Å². The molecule has 0 unspecified atom stereocenters. The molecular weight excluding hydrogens is 386 g/mol. The second-order valence-corrected chi connectivity index (χ2v) is 7.93. The van der Waals surface area contributed by atoms with Gasteiger partial charge in [0.25, 0.3) is 0 Å². The Balaban J connectivity index is 1.90. The zero-order chi connectivity index (χ0) is 20.6. The first kappa shape index (κ1) is 21.3. The molecule has 0 aliphatic heterocycles. The summed E-state index contributed by atoms with van der Waals surface area (Å²) in [6.07, 6.45) is 8.71. The first-order valence-electron chi connectivity index (χ1n) is 10.2. The summed E-state index contributed by atoms with van der Waals surface area (Å²) in [5, 5.41) is 3.18. The number of carbonyl (C=O) groups excluding carboxylic acids is 2. The van der Waals surface area contributed by atoms with Crippen LogP contribution in [0.3, 0.4) is 0 Å². The van der Waals surface area contributed by atoms with Crippen LogP contribution in [0.1, 0.15) is 54.8 Å². The summed E-state index contributed by atoms with van der Waals surface area (Å²) in [5.41, 5.74) is 2.84. The summed E-state index contributed by atoms with van der Waals surface area (Å²) < 4.78 is 0. The highest BCUT2D eigenvalue weighted by molar-refractivity contribution is 6.27. The largest absolute Gasteiger partial charge is 0.351 e. The number of hydrogen-bond donors (Lipinski definition) is 1. The molecule has 1 N–H and O–H groups in total. The Kier molecular flexibility index (Phi) is 7.64. The van der Waals surface area contributed by atoms with Gasteiger partial charge in [0.05, 0.1) is 0 Å². The van der Waals surface area contributed by atoms with Crippen molar-refractivity contribution >= 4 is 23.4 Å². The molecule has 154 valence electrons. The van der Waals surface area contributed by atoms with E-state index in [9.17, 15) is 9.59 Å². The number of carbonyl (C=O) groups is 2. The molecule has 6 heteroatoms. The first-order chi connectivity index (χ1) is 14.1. The van der Waals surface area contributed by atoms with Crippen molar-refractivity contribution in [2.45, 2.75) is 57.7 Å². The number of halogens is 1. The van der Waals surface area contributed by atoms with Gasteiger partial charge in [-0.1, -0.05) is 49.1 Å². The van der Waals surface area contributed by atoms with Crippen molar-refractivity contribution in [1.82, 2.24) is 15.2 Å². The molecule has 1 aromatic carbocycles. The number of aromatic nitrogens is 1. The van der Waals surface area contributed by atoms with Gasteiger partial charge in [0.15, 0.2) is 0 Å². The van der Waals surface area contributed by atoms with Gasteiger partial charge in [-0.3, -0.25) is 14.6 Å². The molecule has 1 saturated carbocycles. The van der Waals surface area contributed by atoms with Gasteiger partial charge in [-0.15, -0.1) is 11.6 Å². The zero-order valence-corrected chi connectivity index (χ0v) is 17.6. The number of pyridine rings is 1. The fourth-order valence-corrected chi connectivity index (χ4v) is 3.99. The number of rotatable bonds is 7. The van der Waals surface area contributed by atoms with E-state index in [0.717, 1.165) is 42.4 Å². The molecule has 1 aliphatic carbocycles. The Morgan fingerprint density at radius 3 is 2.38 bits per heavy atom. The minimum absolute atomic E-state index is 0.159. The van der Waals surface area contributed by atoms with Crippen molar-refractivity contribution in [3.63, 3.8) is 0 Å². The third-order valence-corrected chi connectivity index (χ3v) is 5.67. The predicted octanol–water partition coefficient (Wildman–Crippen LogP) is 4.15. The summed E-state index contributed by atoms with van der Waals surface area (Å²) in [5.74, 6) is -0.606. The van der Waals surface area contributed by atoms with Gasteiger partial charge < -0.3 is 10.2 Å². The van der Waals surface area contributed by atoms with Crippen LogP contribution >= 0.6 is 11.6 Å². The lowest BCUT2D eigenvalue weighted by molar-refractivity contribution is -0.140. The van der Waals surface area contributed by atoms with Crippen molar-refractivity contribution in [2.75, 3.05) is 5.88 Å². The minimum Gasteiger partial charge on any atom is -0.351 e.